The van der Waals surface area contributed by atoms with Crippen LogP contribution in [0, 0.1) is 4.64 Å². The highest BCUT2D eigenvalue weighted by molar-refractivity contribution is 7.71. The molecule has 124 valence electrons. The molecule has 0 radical (unpaired) electrons. The number of carbonyl (C=O) groups excluding carboxylic acids is 2. The van der Waals surface area contributed by atoms with Gasteiger partial charge in [0.05, 0.1) is 18.4 Å². The van der Waals surface area contributed by atoms with Gasteiger partial charge in [0.15, 0.2) is 0 Å². The highest BCUT2D eigenvalue weighted by Crippen LogP contribution is 2.33. The molecule has 1 aromatic heterocycles. The predicted octanol–water partition coefficient (Wildman–Crippen LogP) is 3.13. The molecule has 1 fully saturated rings. The highest BCUT2D eigenvalue weighted by atomic mass is 32.1. The first-order valence-corrected chi connectivity index (χ1v) is 7.98. The second kappa shape index (κ2) is 6.84. The van der Waals surface area contributed by atoms with Crippen LogP contribution in [-0.2, 0) is 4.79 Å². The summed E-state index contributed by atoms with van der Waals surface area (Å²) in [5, 5.41) is 2.79. The lowest BCUT2D eigenvalue weighted by Gasteiger charge is -2.19. The zero-order valence-electron chi connectivity index (χ0n) is 13.2. The minimum Gasteiger partial charge on any atom is -0.494 e. The number of hydrogen-bond donors (Lipinski definition) is 2. The molecule has 1 saturated heterocycles. The fraction of sp³-hybridized carbons (Fsp3) is 0.235. The maximum absolute atomic E-state index is 12.3. The Kier molecular flexibility index (Phi) is 4.61. The number of aromatic amines is 1. The Bertz CT molecular complexity index is 847. The number of H-pyrrole nitrogens is 1. The van der Waals surface area contributed by atoms with Crippen molar-refractivity contribution in [3.63, 3.8) is 0 Å². The Hall–Kier alpha value is -2.67. The molecular weight excluding hydrogens is 326 g/mol. The largest absolute Gasteiger partial charge is 0.494 e. The Morgan fingerprint density at radius 3 is 2.88 bits per heavy atom. The van der Waals surface area contributed by atoms with Gasteiger partial charge in [-0.05, 0) is 30.7 Å². The number of hydrogen-bond acceptors (Lipinski definition) is 4. The van der Waals surface area contributed by atoms with Gasteiger partial charge < -0.3 is 19.9 Å². The lowest BCUT2D eigenvalue weighted by atomic mass is 10.2. The van der Waals surface area contributed by atoms with E-state index in [1.807, 2.05) is 0 Å². The number of amides is 2. The van der Waals surface area contributed by atoms with Crippen LogP contribution >= 0.6 is 12.2 Å². The van der Waals surface area contributed by atoms with Crippen molar-refractivity contribution >= 4 is 35.4 Å². The zero-order chi connectivity index (χ0) is 17.1. The van der Waals surface area contributed by atoms with Gasteiger partial charge in [0, 0.05) is 30.9 Å². The molecule has 2 heterocycles. The molecule has 2 aromatic rings. The van der Waals surface area contributed by atoms with Crippen LogP contribution in [0.1, 0.15) is 23.2 Å². The Labute approximate surface area is 144 Å². The van der Waals surface area contributed by atoms with Crippen LogP contribution in [0.3, 0.4) is 0 Å². The molecule has 7 heteroatoms. The molecule has 6 nitrogen and oxygen atoms in total. The topological polar surface area (TPSA) is 74.4 Å². The van der Waals surface area contributed by atoms with E-state index in [2.05, 4.69) is 10.3 Å². The van der Waals surface area contributed by atoms with Crippen molar-refractivity contribution in [2.75, 3.05) is 23.9 Å². The van der Waals surface area contributed by atoms with E-state index in [1.54, 1.807) is 48.5 Å². The molecule has 1 aliphatic heterocycles. The molecule has 0 aliphatic carbocycles. The smallest absolute Gasteiger partial charge is 0.258 e. The first-order valence-electron chi connectivity index (χ1n) is 7.57. The molecule has 1 aromatic carbocycles. The number of nitrogens with zero attached hydrogens (tertiary/aromatic N) is 1. The summed E-state index contributed by atoms with van der Waals surface area (Å²) in [5.74, 6) is 0.325. The van der Waals surface area contributed by atoms with Crippen LogP contribution in [-0.4, -0.2) is 30.5 Å². The van der Waals surface area contributed by atoms with Crippen LogP contribution < -0.4 is 15.0 Å². The summed E-state index contributed by atoms with van der Waals surface area (Å²) in [7, 11) is 1.54. The molecule has 2 amide bonds. The van der Waals surface area contributed by atoms with E-state index in [0.29, 0.717) is 34.6 Å². The number of aromatic nitrogens is 1. The third-order valence-corrected chi connectivity index (χ3v) is 4.20. The summed E-state index contributed by atoms with van der Waals surface area (Å²) in [6, 6.07) is 8.60. The fourth-order valence-electron chi connectivity index (χ4n) is 2.68. The van der Waals surface area contributed by atoms with Crippen LogP contribution in [0.15, 0.2) is 36.5 Å². The third-order valence-electron chi connectivity index (χ3n) is 3.86. The SMILES string of the molecule is COc1cc(NC(=O)c2ccc[nH]c2=S)ccc1N1CCCC1=O. The van der Waals surface area contributed by atoms with E-state index in [1.165, 1.54) is 0 Å². The molecule has 0 saturated carbocycles. The van der Waals surface area contributed by atoms with Gasteiger partial charge in [-0.1, -0.05) is 12.2 Å². The summed E-state index contributed by atoms with van der Waals surface area (Å²) in [6.45, 7) is 0.681. The maximum Gasteiger partial charge on any atom is 0.258 e. The summed E-state index contributed by atoms with van der Waals surface area (Å²) in [6.07, 6.45) is 3.06. The van der Waals surface area contributed by atoms with Crippen molar-refractivity contribution in [3.05, 3.63) is 46.7 Å². The average molecular weight is 343 g/mol. The van der Waals surface area contributed by atoms with Crippen molar-refractivity contribution in [1.29, 1.82) is 0 Å². The van der Waals surface area contributed by atoms with Gasteiger partial charge in [-0.2, -0.15) is 0 Å². The number of ether oxygens (including phenoxy) is 1. The first kappa shape index (κ1) is 16.2. The number of benzene rings is 1. The van der Waals surface area contributed by atoms with Crippen LogP contribution in [0.5, 0.6) is 5.75 Å². The average Bonchev–Trinajstić information content (AvgIpc) is 3.01. The monoisotopic (exact) mass is 343 g/mol. The van der Waals surface area contributed by atoms with E-state index < -0.39 is 0 Å². The lowest BCUT2D eigenvalue weighted by molar-refractivity contribution is -0.117. The maximum atomic E-state index is 12.3. The minimum atomic E-state index is -0.302. The van der Waals surface area contributed by atoms with E-state index in [4.69, 9.17) is 17.0 Å². The van der Waals surface area contributed by atoms with Crippen LogP contribution in [0.25, 0.3) is 0 Å². The van der Waals surface area contributed by atoms with E-state index >= 15 is 0 Å². The highest BCUT2D eigenvalue weighted by Gasteiger charge is 2.24. The Morgan fingerprint density at radius 2 is 2.21 bits per heavy atom. The van der Waals surface area contributed by atoms with Crippen molar-refractivity contribution in [2.24, 2.45) is 0 Å². The van der Waals surface area contributed by atoms with Gasteiger partial charge >= 0.3 is 0 Å². The Balaban J connectivity index is 1.85. The molecule has 1 aliphatic rings. The van der Waals surface area contributed by atoms with Crippen molar-refractivity contribution in [2.45, 2.75) is 12.8 Å². The van der Waals surface area contributed by atoms with Crippen LogP contribution in [0.4, 0.5) is 11.4 Å². The quantitative estimate of drug-likeness (QED) is 0.837. The molecule has 24 heavy (non-hydrogen) atoms. The number of methoxy groups -OCH3 is 1. The van der Waals surface area contributed by atoms with Crippen LogP contribution in [0.2, 0.25) is 0 Å². The van der Waals surface area contributed by atoms with Gasteiger partial charge in [0.25, 0.3) is 5.91 Å². The normalized spacial score (nSPS) is 13.9. The standard InChI is InChI=1S/C17H17N3O3S/c1-23-14-10-11(6-7-13(14)20-9-3-5-15(20)21)19-16(22)12-4-2-8-18-17(12)24/h2,4,6-8,10H,3,5,9H2,1H3,(H,18,24)(H,19,22). The predicted molar refractivity (Wildman–Crippen MR) is 94.2 cm³/mol. The molecule has 3 rings (SSSR count). The number of carbonyl (C=O) groups is 2. The molecule has 0 spiro atoms. The fourth-order valence-corrected chi connectivity index (χ4v) is 2.91. The molecule has 0 bridgehead atoms. The van der Waals surface area contributed by atoms with Gasteiger partial charge in [0.2, 0.25) is 5.91 Å². The number of anilines is 2. The van der Waals surface area contributed by atoms with E-state index in [9.17, 15) is 9.59 Å². The first-order chi connectivity index (χ1) is 11.6. The molecular formula is C17H17N3O3S. The van der Waals surface area contributed by atoms with Gasteiger partial charge in [-0.25, -0.2) is 0 Å². The molecule has 0 unspecified atom stereocenters. The molecule has 0 atom stereocenters. The lowest BCUT2D eigenvalue weighted by Crippen LogP contribution is -2.24. The van der Waals surface area contributed by atoms with E-state index in [-0.39, 0.29) is 11.8 Å². The van der Waals surface area contributed by atoms with Gasteiger partial charge in [-0.15, -0.1) is 0 Å². The van der Waals surface area contributed by atoms with Crippen molar-refractivity contribution < 1.29 is 14.3 Å². The minimum absolute atomic E-state index is 0.0839. The summed E-state index contributed by atoms with van der Waals surface area (Å²) in [5.41, 5.74) is 1.69. The van der Waals surface area contributed by atoms with Gasteiger partial charge in [0.1, 0.15) is 10.4 Å². The summed E-state index contributed by atoms with van der Waals surface area (Å²) in [4.78, 5) is 28.8. The van der Waals surface area contributed by atoms with Gasteiger partial charge in [-0.3, -0.25) is 9.59 Å². The Morgan fingerprint density at radius 1 is 1.38 bits per heavy atom. The number of pyridine rings is 1. The molecule has 2 N–H and O–H groups in total. The number of nitrogens with one attached hydrogen (secondary N) is 2. The zero-order valence-corrected chi connectivity index (χ0v) is 14.0. The summed E-state index contributed by atoms with van der Waals surface area (Å²) >= 11 is 5.11. The second-order valence-corrected chi connectivity index (χ2v) is 5.81. The second-order valence-electron chi connectivity index (χ2n) is 5.40. The number of rotatable bonds is 4. The summed E-state index contributed by atoms with van der Waals surface area (Å²) < 4.78 is 5.76. The van der Waals surface area contributed by atoms with Crippen molar-refractivity contribution in [1.82, 2.24) is 4.98 Å². The third kappa shape index (κ3) is 3.16. The van der Waals surface area contributed by atoms with E-state index in [0.717, 1.165) is 12.1 Å². The van der Waals surface area contributed by atoms with Crippen molar-refractivity contribution in [3.8, 4) is 5.75 Å².